The van der Waals surface area contributed by atoms with Crippen LogP contribution < -0.4 is 0 Å². The van der Waals surface area contributed by atoms with E-state index in [2.05, 4.69) is 4.74 Å². The van der Waals surface area contributed by atoms with Gasteiger partial charge in [0.05, 0.1) is 6.61 Å². The number of ether oxygens (including phenoxy) is 1. The number of sulfonamides is 1. The van der Waals surface area contributed by atoms with Crippen molar-refractivity contribution in [2.75, 3.05) is 19.7 Å². The number of hydrogen-bond donors (Lipinski definition) is 0. The maximum atomic E-state index is 14.4. The molecule has 0 atom stereocenters. The standard InChI is InChI=1S/C20H12F29NO4S/c1-3-50(5-6(51)54-4-2)55(52,53)20(48,49)18(43,44)16(39,40)14(35,36)12(31,32)10(27,28)8(23,24)7(21,22)9(25,26)11(29,30)13(33,34)15(37,38)17(41,42)19(45,46)47/h3-5H2,1-2H3. The van der Waals surface area contributed by atoms with Gasteiger partial charge in [-0.3, -0.25) is 4.79 Å². The molecular weight excluding hydrogens is 901 g/mol. The molecule has 0 unspecified atom stereocenters. The van der Waals surface area contributed by atoms with E-state index in [4.69, 9.17) is 0 Å². The molecule has 0 amide bonds. The molecule has 0 bridgehead atoms. The summed E-state index contributed by atoms with van der Waals surface area (Å²) in [5, 5.41) is -8.21. The average molecular weight is 913 g/mol. The first-order chi connectivity index (χ1) is 23.4. The fraction of sp³-hybridized carbons (Fsp3) is 0.950. The summed E-state index contributed by atoms with van der Waals surface area (Å²) in [5.74, 6) is -118. The van der Waals surface area contributed by atoms with Crippen molar-refractivity contribution in [1.29, 1.82) is 0 Å². The summed E-state index contributed by atoms with van der Waals surface area (Å²) in [5.41, 5.74) is 0. The highest BCUT2D eigenvalue weighted by Crippen LogP contribution is 2.69. The zero-order valence-electron chi connectivity index (χ0n) is 25.1. The van der Waals surface area contributed by atoms with Gasteiger partial charge in [-0.25, -0.2) is 8.42 Å². The van der Waals surface area contributed by atoms with Gasteiger partial charge in [0.1, 0.15) is 6.54 Å². The highest BCUT2D eigenvalue weighted by atomic mass is 32.2. The molecule has 0 aliphatic carbocycles. The third-order valence-electron chi connectivity index (χ3n) is 6.69. The van der Waals surface area contributed by atoms with Crippen LogP contribution in [-0.4, -0.2) is 121 Å². The fourth-order valence-electron chi connectivity index (χ4n) is 3.37. The number of alkyl halides is 29. The molecule has 0 aromatic rings. The first kappa shape index (κ1) is 52.3. The minimum Gasteiger partial charge on any atom is -0.465 e. The van der Waals surface area contributed by atoms with Crippen LogP contribution in [0.3, 0.4) is 0 Å². The lowest BCUT2D eigenvalue weighted by Gasteiger charge is -2.46. The molecule has 0 aliphatic heterocycles. The summed E-state index contributed by atoms with van der Waals surface area (Å²) in [6, 6.07) is 0. The summed E-state index contributed by atoms with van der Waals surface area (Å²) in [6.45, 7) is -3.92. The van der Waals surface area contributed by atoms with Crippen LogP contribution in [-0.2, 0) is 19.6 Å². The van der Waals surface area contributed by atoms with Crippen molar-refractivity contribution in [3.05, 3.63) is 0 Å². The van der Waals surface area contributed by atoms with Gasteiger partial charge in [0.15, 0.2) is 0 Å². The van der Waals surface area contributed by atoms with Gasteiger partial charge in [-0.1, -0.05) is 6.92 Å². The number of carbonyl (C=O) groups excluding carboxylic acids is 1. The molecule has 55 heavy (non-hydrogen) atoms. The van der Waals surface area contributed by atoms with Gasteiger partial charge in [-0.2, -0.15) is 132 Å². The van der Waals surface area contributed by atoms with E-state index in [1.54, 1.807) is 0 Å². The number of rotatable bonds is 18. The molecule has 0 saturated carbocycles. The maximum Gasteiger partial charge on any atom is 0.460 e. The zero-order valence-corrected chi connectivity index (χ0v) is 25.9. The minimum absolute atomic E-state index is 0.215. The molecule has 0 rings (SSSR count). The summed E-state index contributed by atoms with van der Waals surface area (Å²) >= 11 is 0. The first-order valence-electron chi connectivity index (χ1n) is 12.5. The lowest BCUT2D eigenvalue weighted by molar-refractivity contribution is -0.486. The van der Waals surface area contributed by atoms with Gasteiger partial charge in [-0.15, -0.1) is 0 Å². The van der Waals surface area contributed by atoms with Gasteiger partial charge in [0, 0.05) is 6.54 Å². The summed E-state index contributed by atoms with van der Waals surface area (Å²) in [4.78, 5) is 11.3. The van der Waals surface area contributed by atoms with Gasteiger partial charge in [0.2, 0.25) is 0 Å². The van der Waals surface area contributed by atoms with Crippen LogP contribution in [0.2, 0.25) is 0 Å². The van der Waals surface area contributed by atoms with E-state index in [1.807, 2.05) is 0 Å². The molecule has 330 valence electrons. The molecular formula is C20H12F29NO4S. The van der Waals surface area contributed by atoms with Crippen LogP contribution >= 0.6 is 0 Å². The van der Waals surface area contributed by atoms with Crippen molar-refractivity contribution in [1.82, 2.24) is 4.31 Å². The van der Waals surface area contributed by atoms with Crippen molar-refractivity contribution in [3.8, 4) is 0 Å². The maximum absolute atomic E-state index is 14.4. The van der Waals surface area contributed by atoms with Crippen LogP contribution in [0.5, 0.6) is 0 Å². The second kappa shape index (κ2) is 13.7. The lowest BCUT2D eigenvalue weighted by atomic mass is 9.84. The first-order valence-corrected chi connectivity index (χ1v) is 14.0. The van der Waals surface area contributed by atoms with E-state index in [9.17, 15) is 141 Å². The Morgan fingerprint density at radius 1 is 0.418 bits per heavy atom. The molecule has 0 radical (unpaired) electrons. The summed E-state index contributed by atoms with van der Waals surface area (Å²) in [7, 11) is -7.98. The Morgan fingerprint density at radius 2 is 0.636 bits per heavy atom. The number of carbonyl (C=O) groups is 1. The van der Waals surface area contributed by atoms with Crippen molar-refractivity contribution in [2.45, 2.75) is 96.3 Å². The number of nitrogens with zero attached hydrogens (tertiary/aromatic N) is 1. The second-order valence-electron chi connectivity index (χ2n) is 10.1. The van der Waals surface area contributed by atoms with Crippen molar-refractivity contribution < 1.29 is 145 Å². The molecule has 0 aliphatic rings. The molecule has 0 fully saturated rings. The van der Waals surface area contributed by atoms with Gasteiger partial charge in [-0.05, 0) is 6.92 Å². The summed E-state index contributed by atoms with van der Waals surface area (Å²) < 4.78 is 422. The topological polar surface area (TPSA) is 63.7 Å². The number of halogens is 29. The minimum atomic E-state index is -10.1. The van der Waals surface area contributed by atoms with Crippen LogP contribution in [0.25, 0.3) is 0 Å². The molecule has 35 heteroatoms. The highest BCUT2D eigenvalue weighted by molar-refractivity contribution is 7.90. The van der Waals surface area contributed by atoms with E-state index in [-0.39, 0.29) is 6.92 Å². The van der Waals surface area contributed by atoms with E-state index >= 15 is 0 Å². The SMILES string of the molecule is CCOC(=O)CN(CC)S(=O)(=O)C(F)(F)C(F)(F)C(F)(F)C(F)(F)C(F)(F)C(F)(F)C(F)(F)C(F)(F)C(F)(F)C(F)(F)C(F)(F)C(F)(F)C(F)(F)C(F)(F)F. The van der Waals surface area contributed by atoms with Crippen molar-refractivity contribution in [3.63, 3.8) is 0 Å². The highest BCUT2D eigenvalue weighted by Gasteiger charge is 3.01. The molecule has 0 N–H and O–H groups in total. The van der Waals surface area contributed by atoms with Gasteiger partial charge >= 0.3 is 88.5 Å². The molecule has 0 aromatic heterocycles. The largest absolute Gasteiger partial charge is 0.465 e. The lowest BCUT2D eigenvalue weighted by Crippen LogP contribution is -2.79. The fourth-order valence-corrected chi connectivity index (χ4v) is 4.77. The Balaban J connectivity index is 7.68. The predicted octanol–water partition coefficient (Wildman–Crippen LogP) is 8.98. The quantitative estimate of drug-likeness (QED) is 0.102. The zero-order chi connectivity index (χ0) is 45.5. The van der Waals surface area contributed by atoms with Crippen molar-refractivity contribution >= 4 is 16.0 Å². The normalized spacial score (nSPS) is 16.5. The van der Waals surface area contributed by atoms with Crippen LogP contribution in [0.1, 0.15) is 13.8 Å². The third-order valence-corrected chi connectivity index (χ3v) is 8.66. The van der Waals surface area contributed by atoms with Gasteiger partial charge in [0.25, 0.3) is 10.0 Å². The van der Waals surface area contributed by atoms with Crippen LogP contribution in [0, 0.1) is 0 Å². The Morgan fingerprint density at radius 3 is 0.836 bits per heavy atom. The molecule has 0 heterocycles. The smallest absolute Gasteiger partial charge is 0.460 e. The van der Waals surface area contributed by atoms with E-state index in [0.717, 1.165) is 6.92 Å². The number of esters is 1. The molecule has 0 spiro atoms. The summed E-state index contributed by atoms with van der Waals surface area (Å²) in [6.07, 6.45) is -8.35. The number of likely N-dealkylation sites (N-methyl/N-ethyl adjacent to an activating group) is 1. The molecule has 0 aromatic carbocycles. The monoisotopic (exact) mass is 913 g/mol. The second-order valence-corrected chi connectivity index (χ2v) is 12.1. The molecule has 0 saturated heterocycles. The van der Waals surface area contributed by atoms with Crippen LogP contribution in [0.4, 0.5) is 127 Å². The van der Waals surface area contributed by atoms with E-state index in [1.165, 1.54) is 0 Å². The Labute approximate surface area is 282 Å². The van der Waals surface area contributed by atoms with Crippen molar-refractivity contribution in [2.24, 2.45) is 0 Å². The van der Waals surface area contributed by atoms with Gasteiger partial charge < -0.3 is 4.74 Å². The third kappa shape index (κ3) is 6.53. The average Bonchev–Trinajstić information content (AvgIpc) is 2.97. The Kier molecular flexibility index (Phi) is 13.1. The van der Waals surface area contributed by atoms with E-state index < -0.39 is 122 Å². The Bertz CT molecular complexity index is 1520. The van der Waals surface area contributed by atoms with E-state index in [0.29, 0.717) is 0 Å². The molecule has 5 nitrogen and oxygen atoms in total. The number of hydrogen-bond acceptors (Lipinski definition) is 4. The predicted molar refractivity (Wildman–Crippen MR) is 113 cm³/mol. The Hall–Kier alpha value is -2.65. The van der Waals surface area contributed by atoms with Crippen LogP contribution in [0.15, 0.2) is 0 Å².